The lowest BCUT2D eigenvalue weighted by Gasteiger charge is -2.10. The van der Waals surface area contributed by atoms with E-state index in [2.05, 4.69) is 42.0 Å². The number of benzene rings is 1. The SMILES string of the molecule is CC(S)CNc1cccc2cccnc12. The maximum atomic E-state index is 4.37. The van der Waals surface area contributed by atoms with Crippen molar-refractivity contribution in [1.29, 1.82) is 0 Å². The van der Waals surface area contributed by atoms with Crippen molar-refractivity contribution in [2.24, 2.45) is 0 Å². The standard InChI is InChI=1S/C12H14N2S/c1-9(15)8-14-11-6-2-4-10-5-3-7-13-12(10)11/h2-7,9,14-15H,8H2,1H3. The second-order valence-electron chi connectivity index (χ2n) is 3.61. The number of para-hydroxylation sites is 1. The van der Waals surface area contributed by atoms with Crippen LogP contribution < -0.4 is 5.32 Å². The third-order valence-electron chi connectivity index (χ3n) is 2.22. The number of thiol groups is 1. The minimum absolute atomic E-state index is 0.337. The number of nitrogens with one attached hydrogen (secondary N) is 1. The molecule has 2 aromatic rings. The van der Waals surface area contributed by atoms with Gasteiger partial charge in [0, 0.05) is 23.4 Å². The first-order chi connectivity index (χ1) is 7.27. The molecule has 0 spiro atoms. The molecule has 78 valence electrons. The van der Waals surface area contributed by atoms with Crippen molar-refractivity contribution >= 4 is 29.2 Å². The highest BCUT2D eigenvalue weighted by Gasteiger charge is 2.01. The number of fused-ring (bicyclic) bond motifs is 1. The van der Waals surface area contributed by atoms with Crippen molar-refractivity contribution < 1.29 is 0 Å². The summed E-state index contributed by atoms with van der Waals surface area (Å²) < 4.78 is 0. The predicted octanol–water partition coefficient (Wildman–Crippen LogP) is 2.97. The second kappa shape index (κ2) is 4.53. The van der Waals surface area contributed by atoms with E-state index in [0.29, 0.717) is 5.25 Å². The number of hydrogen-bond donors (Lipinski definition) is 2. The molecule has 0 amide bonds. The average molecular weight is 218 g/mol. The first-order valence-electron chi connectivity index (χ1n) is 5.03. The van der Waals surface area contributed by atoms with Gasteiger partial charge in [-0.3, -0.25) is 4.98 Å². The number of aromatic nitrogens is 1. The molecule has 0 bridgehead atoms. The van der Waals surface area contributed by atoms with E-state index in [1.165, 1.54) is 0 Å². The monoisotopic (exact) mass is 218 g/mol. The molecule has 0 aliphatic heterocycles. The Kier molecular flexibility index (Phi) is 3.11. The van der Waals surface area contributed by atoms with Gasteiger partial charge in [0.2, 0.25) is 0 Å². The van der Waals surface area contributed by atoms with Gasteiger partial charge in [-0.2, -0.15) is 12.6 Å². The van der Waals surface area contributed by atoms with Crippen molar-refractivity contribution in [2.75, 3.05) is 11.9 Å². The Labute approximate surface area is 95.1 Å². The van der Waals surface area contributed by atoms with E-state index < -0.39 is 0 Å². The fourth-order valence-corrected chi connectivity index (χ4v) is 1.60. The van der Waals surface area contributed by atoms with Crippen LogP contribution in [0.2, 0.25) is 0 Å². The van der Waals surface area contributed by atoms with Crippen molar-refractivity contribution in [3.63, 3.8) is 0 Å². The predicted molar refractivity (Wildman–Crippen MR) is 68.7 cm³/mol. The first-order valence-corrected chi connectivity index (χ1v) is 5.54. The Bertz CT molecular complexity index is 449. The molecule has 1 aromatic heterocycles. The van der Waals surface area contributed by atoms with Gasteiger partial charge in [0.25, 0.3) is 0 Å². The fourth-order valence-electron chi connectivity index (χ4n) is 1.50. The highest BCUT2D eigenvalue weighted by Crippen LogP contribution is 2.20. The maximum Gasteiger partial charge on any atom is 0.0933 e. The molecule has 1 unspecified atom stereocenters. The molecular formula is C12H14N2S. The zero-order valence-corrected chi connectivity index (χ0v) is 9.54. The Morgan fingerprint density at radius 2 is 2.13 bits per heavy atom. The summed E-state index contributed by atoms with van der Waals surface area (Å²) in [6.45, 7) is 2.91. The summed E-state index contributed by atoms with van der Waals surface area (Å²) in [7, 11) is 0. The molecule has 0 aliphatic carbocycles. The molecular weight excluding hydrogens is 204 g/mol. The molecule has 0 fully saturated rings. The van der Waals surface area contributed by atoms with E-state index in [-0.39, 0.29) is 0 Å². The molecule has 0 radical (unpaired) electrons. The van der Waals surface area contributed by atoms with Gasteiger partial charge < -0.3 is 5.32 Å². The van der Waals surface area contributed by atoms with Crippen molar-refractivity contribution in [2.45, 2.75) is 12.2 Å². The molecule has 1 atom stereocenters. The van der Waals surface area contributed by atoms with E-state index in [1.54, 1.807) is 0 Å². The number of nitrogens with zero attached hydrogens (tertiary/aromatic N) is 1. The minimum atomic E-state index is 0.337. The zero-order chi connectivity index (χ0) is 10.7. The molecule has 1 heterocycles. The molecule has 2 rings (SSSR count). The number of anilines is 1. The second-order valence-corrected chi connectivity index (χ2v) is 4.49. The molecule has 1 N–H and O–H groups in total. The van der Waals surface area contributed by atoms with Gasteiger partial charge in [-0.05, 0) is 12.1 Å². The average Bonchev–Trinajstić information content (AvgIpc) is 2.26. The maximum absolute atomic E-state index is 4.37. The number of pyridine rings is 1. The van der Waals surface area contributed by atoms with Crippen LogP contribution in [-0.4, -0.2) is 16.8 Å². The molecule has 0 aliphatic rings. The van der Waals surface area contributed by atoms with E-state index in [0.717, 1.165) is 23.1 Å². The van der Waals surface area contributed by atoms with Crippen LogP contribution in [-0.2, 0) is 0 Å². The minimum Gasteiger partial charge on any atom is -0.382 e. The lowest BCUT2D eigenvalue weighted by molar-refractivity contribution is 1.01. The summed E-state index contributed by atoms with van der Waals surface area (Å²) >= 11 is 4.34. The van der Waals surface area contributed by atoms with Gasteiger partial charge in [-0.1, -0.05) is 25.1 Å². The molecule has 0 saturated heterocycles. The largest absolute Gasteiger partial charge is 0.382 e. The quantitative estimate of drug-likeness (QED) is 0.774. The summed E-state index contributed by atoms with van der Waals surface area (Å²) in [6, 6.07) is 10.2. The molecule has 15 heavy (non-hydrogen) atoms. The van der Waals surface area contributed by atoms with E-state index in [4.69, 9.17) is 0 Å². The van der Waals surface area contributed by atoms with Crippen LogP contribution in [0.1, 0.15) is 6.92 Å². The van der Waals surface area contributed by atoms with E-state index in [9.17, 15) is 0 Å². The smallest absolute Gasteiger partial charge is 0.0933 e. The van der Waals surface area contributed by atoms with Crippen LogP contribution in [0.5, 0.6) is 0 Å². The van der Waals surface area contributed by atoms with Gasteiger partial charge in [-0.25, -0.2) is 0 Å². The molecule has 1 aromatic carbocycles. The van der Waals surface area contributed by atoms with Crippen molar-refractivity contribution in [1.82, 2.24) is 4.98 Å². The van der Waals surface area contributed by atoms with Gasteiger partial charge in [-0.15, -0.1) is 0 Å². The van der Waals surface area contributed by atoms with Gasteiger partial charge >= 0.3 is 0 Å². The van der Waals surface area contributed by atoms with Gasteiger partial charge in [0.05, 0.1) is 11.2 Å². The summed E-state index contributed by atoms with van der Waals surface area (Å²) in [5.74, 6) is 0. The lowest BCUT2D eigenvalue weighted by atomic mass is 10.2. The summed E-state index contributed by atoms with van der Waals surface area (Å²) in [6.07, 6.45) is 1.82. The third kappa shape index (κ3) is 2.42. The zero-order valence-electron chi connectivity index (χ0n) is 8.64. The summed E-state index contributed by atoms with van der Waals surface area (Å²) in [5, 5.41) is 4.85. The molecule has 0 saturated carbocycles. The topological polar surface area (TPSA) is 24.9 Å². The summed E-state index contributed by atoms with van der Waals surface area (Å²) in [5.41, 5.74) is 2.10. The van der Waals surface area contributed by atoms with E-state index in [1.807, 2.05) is 24.4 Å². The molecule has 3 heteroatoms. The third-order valence-corrected chi connectivity index (χ3v) is 2.40. The summed E-state index contributed by atoms with van der Waals surface area (Å²) in [4.78, 5) is 4.37. The molecule has 2 nitrogen and oxygen atoms in total. The number of rotatable bonds is 3. The highest BCUT2D eigenvalue weighted by molar-refractivity contribution is 7.80. The Morgan fingerprint density at radius 1 is 1.33 bits per heavy atom. The van der Waals surface area contributed by atoms with Crippen LogP contribution in [0.15, 0.2) is 36.5 Å². The van der Waals surface area contributed by atoms with Gasteiger partial charge in [0.15, 0.2) is 0 Å². The number of hydrogen-bond acceptors (Lipinski definition) is 3. The fraction of sp³-hybridized carbons (Fsp3) is 0.250. The first kappa shape index (κ1) is 10.3. The normalized spacial score (nSPS) is 12.7. The van der Waals surface area contributed by atoms with Crippen molar-refractivity contribution in [3.05, 3.63) is 36.5 Å². The van der Waals surface area contributed by atoms with E-state index >= 15 is 0 Å². The van der Waals surface area contributed by atoms with Crippen LogP contribution in [0.3, 0.4) is 0 Å². The van der Waals surface area contributed by atoms with Crippen LogP contribution >= 0.6 is 12.6 Å². The Morgan fingerprint density at radius 3 is 2.93 bits per heavy atom. The van der Waals surface area contributed by atoms with Crippen molar-refractivity contribution in [3.8, 4) is 0 Å². The van der Waals surface area contributed by atoms with Gasteiger partial charge in [0.1, 0.15) is 0 Å². The van der Waals surface area contributed by atoms with Crippen LogP contribution in [0.25, 0.3) is 10.9 Å². The Hall–Kier alpha value is -1.22. The Balaban J connectivity index is 2.34. The lowest BCUT2D eigenvalue weighted by Crippen LogP contribution is -2.10. The van der Waals surface area contributed by atoms with Crippen LogP contribution in [0, 0.1) is 0 Å². The highest BCUT2D eigenvalue weighted by atomic mass is 32.1. The van der Waals surface area contributed by atoms with Crippen LogP contribution in [0.4, 0.5) is 5.69 Å².